The van der Waals surface area contributed by atoms with Gasteiger partial charge in [0.25, 0.3) is 0 Å². The van der Waals surface area contributed by atoms with E-state index in [9.17, 15) is 4.79 Å². The lowest BCUT2D eigenvalue weighted by atomic mass is 10.0. The smallest absolute Gasteiger partial charge is 0.336 e. The molecule has 0 spiro atoms. The van der Waals surface area contributed by atoms with Gasteiger partial charge < -0.3 is 10.3 Å². The Morgan fingerprint density at radius 2 is 1.93 bits per heavy atom. The Hall–Kier alpha value is -2.48. The Balaban J connectivity index is 1.67. The Labute approximate surface area is 180 Å². The molecule has 0 atom stereocenters. The lowest BCUT2D eigenvalue weighted by Crippen LogP contribution is -2.12. The van der Waals surface area contributed by atoms with Gasteiger partial charge in [-0.05, 0) is 48.7 Å². The van der Waals surface area contributed by atoms with Gasteiger partial charge in [-0.1, -0.05) is 47.1 Å². The number of nitrogens with zero attached hydrogens (tertiary/aromatic N) is 3. The molecule has 0 saturated heterocycles. The molecule has 4 rings (SSSR count). The van der Waals surface area contributed by atoms with Crippen molar-refractivity contribution in [2.45, 2.75) is 24.8 Å². The zero-order valence-corrected chi connectivity index (χ0v) is 17.9. The lowest BCUT2D eigenvalue weighted by Gasteiger charge is -2.09. The van der Waals surface area contributed by atoms with Crippen LogP contribution in [0.5, 0.6) is 0 Å². The van der Waals surface area contributed by atoms with Crippen molar-refractivity contribution < 1.29 is 4.42 Å². The molecule has 148 valence electrons. The molecule has 0 bridgehead atoms. The van der Waals surface area contributed by atoms with E-state index in [2.05, 4.69) is 10.2 Å². The van der Waals surface area contributed by atoms with Crippen LogP contribution in [0.25, 0.3) is 22.4 Å². The summed E-state index contributed by atoms with van der Waals surface area (Å²) in [6, 6.07) is 10.5. The number of aryl methyl sites for hydroxylation is 2. The van der Waals surface area contributed by atoms with E-state index in [1.807, 2.05) is 26.0 Å². The number of benzene rings is 2. The molecule has 9 heteroatoms. The minimum Gasteiger partial charge on any atom is -0.422 e. The van der Waals surface area contributed by atoms with Crippen molar-refractivity contribution in [1.29, 1.82) is 0 Å². The van der Waals surface area contributed by atoms with Gasteiger partial charge in [-0.15, -0.1) is 10.2 Å². The standard InChI is InChI=1S/C20H16Cl2N4O2S/c1-10-3-5-14-12(7-17(27)28-18(14)11(10)2)9-29-20-25-24-19(26(20)23)15-8-13(21)4-6-16(15)22/h3-8H,9,23H2,1-2H3. The molecule has 0 fully saturated rings. The predicted molar refractivity (Wildman–Crippen MR) is 117 cm³/mol. The summed E-state index contributed by atoms with van der Waals surface area (Å²) in [5, 5.41) is 10.7. The number of fused-ring (bicyclic) bond motifs is 1. The van der Waals surface area contributed by atoms with Crippen LogP contribution in [0.4, 0.5) is 0 Å². The maximum atomic E-state index is 12.0. The van der Waals surface area contributed by atoms with Crippen LogP contribution in [-0.4, -0.2) is 14.9 Å². The Kier molecular flexibility index (Phi) is 5.29. The highest BCUT2D eigenvalue weighted by Gasteiger charge is 2.17. The predicted octanol–water partition coefficient (Wildman–Crippen LogP) is 4.98. The maximum absolute atomic E-state index is 12.0. The fourth-order valence-electron chi connectivity index (χ4n) is 3.01. The number of nitrogens with two attached hydrogens (primary N) is 1. The zero-order valence-electron chi connectivity index (χ0n) is 15.6. The van der Waals surface area contributed by atoms with Crippen LogP contribution in [0.1, 0.15) is 16.7 Å². The summed E-state index contributed by atoms with van der Waals surface area (Å²) in [7, 11) is 0. The van der Waals surface area contributed by atoms with E-state index in [-0.39, 0.29) is 5.63 Å². The van der Waals surface area contributed by atoms with Gasteiger partial charge in [0, 0.05) is 27.8 Å². The summed E-state index contributed by atoms with van der Waals surface area (Å²) in [5.74, 6) is 7.08. The number of halogens is 2. The van der Waals surface area contributed by atoms with Gasteiger partial charge in [-0.2, -0.15) is 0 Å². The fourth-order valence-corrected chi connectivity index (χ4v) is 4.24. The van der Waals surface area contributed by atoms with Crippen LogP contribution in [-0.2, 0) is 5.75 Å². The third kappa shape index (κ3) is 3.73. The number of hydrogen-bond acceptors (Lipinski definition) is 6. The highest BCUT2D eigenvalue weighted by atomic mass is 35.5. The first-order valence-corrected chi connectivity index (χ1v) is 10.4. The molecule has 29 heavy (non-hydrogen) atoms. The Morgan fingerprint density at radius 3 is 2.72 bits per heavy atom. The number of hydrogen-bond donors (Lipinski definition) is 1. The van der Waals surface area contributed by atoms with E-state index in [0.717, 1.165) is 22.1 Å². The second-order valence-corrected chi connectivity index (χ2v) is 8.35. The van der Waals surface area contributed by atoms with Crippen molar-refractivity contribution >= 4 is 45.9 Å². The molecule has 0 radical (unpaired) electrons. The number of nitrogen functional groups attached to an aromatic ring is 1. The summed E-state index contributed by atoms with van der Waals surface area (Å²) < 4.78 is 6.79. The molecule has 2 heterocycles. The molecule has 0 amide bonds. The highest BCUT2D eigenvalue weighted by Crippen LogP contribution is 2.32. The molecule has 4 aromatic rings. The van der Waals surface area contributed by atoms with Crippen molar-refractivity contribution in [1.82, 2.24) is 14.9 Å². The normalized spacial score (nSPS) is 11.3. The lowest BCUT2D eigenvalue weighted by molar-refractivity contribution is 0.557. The average molecular weight is 447 g/mol. The molecule has 0 unspecified atom stereocenters. The highest BCUT2D eigenvalue weighted by molar-refractivity contribution is 7.98. The van der Waals surface area contributed by atoms with Gasteiger partial charge in [0.15, 0.2) is 5.82 Å². The van der Waals surface area contributed by atoms with Gasteiger partial charge in [-0.3, -0.25) is 0 Å². The van der Waals surface area contributed by atoms with Crippen molar-refractivity contribution in [3.05, 3.63) is 73.6 Å². The number of aromatic nitrogens is 3. The maximum Gasteiger partial charge on any atom is 0.336 e. The molecule has 2 N–H and O–H groups in total. The van der Waals surface area contributed by atoms with Crippen molar-refractivity contribution in [3.8, 4) is 11.4 Å². The summed E-state index contributed by atoms with van der Waals surface area (Å²) in [6.07, 6.45) is 0. The number of thioether (sulfide) groups is 1. The van der Waals surface area contributed by atoms with Crippen LogP contribution >= 0.6 is 35.0 Å². The third-order valence-corrected chi connectivity index (χ3v) is 6.26. The molecule has 0 saturated carbocycles. The first kappa shape index (κ1) is 19.8. The van der Waals surface area contributed by atoms with E-state index >= 15 is 0 Å². The molecular weight excluding hydrogens is 431 g/mol. The molecule has 0 aliphatic carbocycles. The van der Waals surface area contributed by atoms with Crippen LogP contribution in [0.3, 0.4) is 0 Å². The first-order chi connectivity index (χ1) is 13.8. The van der Waals surface area contributed by atoms with E-state index in [1.54, 1.807) is 18.2 Å². The summed E-state index contributed by atoms with van der Waals surface area (Å²) in [6.45, 7) is 3.92. The minimum atomic E-state index is -0.387. The average Bonchev–Trinajstić information content (AvgIpc) is 3.05. The largest absolute Gasteiger partial charge is 0.422 e. The minimum absolute atomic E-state index is 0.387. The van der Waals surface area contributed by atoms with E-state index in [4.69, 9.17) is 33.5 Å². The van der Waals surface area contributed by atoms with Gasteiger partial charge in [0.05, 0.1) is 5.02 Å². The van der Waals surface area contributed by atoms with E-state index < -0.39 is 0 Å². The number of rotatable bonds is 4. The third-order valence-electron chi connectivity index (χ3n) is 4.71. The Bertz CT molecular complexity index is 1300. The molecular formula is C20H16Cl2N4O2S. The van der Waals surface area contributed by atoms with Crippen LogP contribution < -0.4 is 11.5 Å². The molecule has 0 aliphatic heterocycles. The van der Waals surface area contributed by atoms with E-state index in [0.29, 0.717) is 37.9 Å². The van der Waals surface area contributed by atoms with Crippen LogP contribution in [0.2, 0.25) is 10.0 Å². The molecule has 2 aromatic carbocycles. The summed E-state index contributed by atoms with van der Waals surface area (Å²) in [5.41, 5.74) is 3.67. The van der Waals surface area contributed by atoms with Crippen LogP contribution in [0.15, 0.2) is 50.8 Å². The Morgan fingerprint density at radius 1 is 1.14 bits per heavy atom. The zero-order chi connectivity index (χ0) is 20.7. The van der Waals surface area contributed by atoms with Crippen molar-refractivity contribution in [2.24, 2.45) is 0 Å². The van der Waals surface area contributed by atoms with Gasteiger partial charge >= 0.3 is 5.63 Å². The summed E-state index contributed by atoms with van der Waals surface area (Å²) in [4.78, 5) is 12.0. The second kappa shape index (κ2) is 7.74. The monoisotopic (exact) mass is 446 g/mol. The molecule has 6 nitrogen and oxygen atoms in total. The fraction of sp³-hybridized carbons (Fsp3) is 0.150. The van der Waals surface area contributed by atoms with E-state index in [1.165, 1.54) is 22.5 Å². The SMILES string of the molecule is Cc1ccc2c(CSc3nnc(-c4cc(Cl)ccc4Cl)n3N)cc(=O)oc2c1C. The molecule has 2 aromatic heterocycles. The topological polar surface area (TPSA) is 86.9 Å². The van der Waals surface area contributed by atoms with Gasteiger partial charge in [-0.25, -0.2) is 9.47 Å². The second-order valence-electron chi connectivity index (χ2n) is 6.56. The van der Waals surface area contributed by atoms with Gasteiger partial charge in [0.2, 0.25) is 5.16 Å². The quantitative estimate of drug-likeness (QED) is 0.270. The molecule has 0 aliphatic rings. The van der Waals surface area contributed by atoms with Crippen LogP contribution in [0, 0.1) is 13.8 Å². The van der Waals surface area contributed by atoms with Crippen molar-refractivity contribution in [2.75, 3.05) is 5.84 Å². The van der Waals surface area contributed by atoms with Crippen molar-refractivity contribution in [3.63, 3.8) is 0 Å². The first-order valence-electron chi connectivity index (χ1n) is 8.67. The van der Waals surface area contributed by atoms with Gasteiger partial charge in [0.1, 0.15) is 5.58 Å². The summed E-state index contributed by atoms with van der Waals surface area (Å²) >= 11 is 13.7.